The van der Waals surface area contributed by atoms with Gasteiger partial charge in [0.05, 0.1) is 16.7 Å². The number of ether oxygens (including phenoxy) is 2. The number of fused-ring (bicyclic) bond motifs is 1. The highest BCUT2D eigenvalue weighted by atomic mass is 32.2. The van der Waals surface area contributed by atoms with Crippen molar-refractivity contribution >= 4 is 35.0 Å². The Morgan fingerprint density at radius 1 is 1.14 bits per heavy atom. The van der Waals surface area contributed by atoms with Crippen molar-refractivity contribution < 1.29 is 24.0 Å². The fourth-order valence-corrected chi connectivity index (χ4v) is 4.23. The van der Waals surface area contributed by atoms with Crippen molar-refractivity contribution in [2.45, 2.75) is 25.0 Å². The highest BCUT2D eigenvalue weighted by molar-refractivity contribution is 7.99. The van der Waals surface area contributed by atoms with Gasteiger partial charge in [-0.2, -0.15) is 0 Å². The molecule has 0 spiro atoms. The molecule has 2 aromatic carbocycles. The summed E-state index contributed by atoms with van der Waals surface area (Å²) in [7, 11) is 1.77. The van der Waals surface area contributed by atoms with Crippen LogP contribution in [0.2, 0.25) is 0 Å². The second-order valence-corrected chi connectivity index (χ2v) is 9.25. The Bertz CT molecular complexity index is 1290. The molecule has 13 heteroatoms. The van der Waals surface area contributed by atoms with Gasteiger partial charge in [0, 0.05) is 30.4 Å². The third-order valence-electron chi connectivity index (χ3n) is 5.43. The quantitative estimate of drug-likeness (QED) is 0.250. The summed E-state index contributed by atoms with van der Waals surface area (Å²) < 4.78 is 12.4. The minimum absolute atomic E-state index is 0.00847. The lowest BCUT2D eigenvalue weighted by atomic mass is 10.0. The maximum absolute atomic E-state index is 12.9. The molecule has 0 aliphatic carbocycles. The Labute approximate surface area is 210 Å². The normalized spacial score (nSPS) is 12.9. The van der Waals surface area contributed by atoms with E-state index in [1.54, 1.807) is 29.8 Å². The summed E-state index contributed by atoms with van der Waals surface area (Å²) in [5.74, 6) is 1.15. The number of carbonyl (C=O) groups excluding carboxylic acids is 2. The third kappa shape index (κ3) is 5.57. The SMILES string of the molecule is CC(C)C(NC(=O)c1ccc2c(c1)OCO2)c1nnc(SCC(=O)Nc2ccc([N+](=O)[O-])cc2)n1C. The highest BCUT2D eigenvalue weighted by Gasteiger charge is 2.26. The number of rotatable bonds is 9. The topological polar surface area (TPSA) is 151 Å². The van der Waals surface area contributed by atoms with Crippen molar-refractivity contribution in [1.29, 1.82) is 0 Å². The van der Waals surface area contributed by atoms with Gasteiger partial charge in [0.1, 0.15) is 0 Å². The lowest BCUT2D eigenvalue weighted by Gasteiger charge is -2.21. The number of non-ortho nitro benzene ring substituents is 1. The molecule has 0 bridgehead atoms. The smallest absolute Gasteiger partial charge is 0.269 e. The number of aromatic nitrogens is 3. The van der Waals surface area contributed by atoms with E-state index in [-0.39, 0.29) is 36.0 Å². The van der Waals surface area contributed by atoms with E-state index in [9.17, 15) is 19.7 Å². The minimum atomic E-state index is -0.505. The molecule has 2 amide bonds. The summed E-state index contributed by atoms with van der Waals surface area (Å²) in [4.78, 5) is 35.5. The molecule has 12 nitrogen and oxygen atoms in total. The van der Waals surface area contributed by atoms with Gasteiger partial charge in [-0.15, -0.1) is 10.2 Å². The van der Waals surface area contributed by atoms with Crippen molar-refractivity contribution in [3.05, 3.63) is 64.0 Å². The van der Waals surface area contributed by atoms with Crippen LogP contribution in [0.4, 0.5) is 11.4 Å². The van der Waals surface area contributed by atoms with Gasteiger partial charge in [0.25, 0.3) is 11.6 Å². The molecule has 0 fully saturated rings. The maximum atomic E-state index is 12.9. The van der Waals surface area contributed by atoms with E-state index in [2.05, 4.69) is 20.8 Å². The Balaban J connectivity index is 1.39. The molecular weight excluding hydrogens is 488 g/mol. The van der Waals surface area contributed by atoms with Gasteiger partial charge in [-0.25, -0.2) is 0 Å². The number of carbonyl (C=O) groups is 2. The fraction of sp³-hybridized carbons (Fsp3) is 0.304. The van der Waals surface area contributed by atoms with Gasteiger partial charge in [0.15, 0.2) is 22.5 Å². The summed E-state index contributed by atoms with van der Waals surface area (Å²) >= 11 is 1.19. The Morgan fingerprint density at radius 2 is 1.86 bits per heavy atom. The second kappa shape index (κ2) is 10.6. The minimum Gasteiger partial charge on any atom is -0.454 e. The molecule has 4 rings (SSSR count). The van der Waals surface area contributed by atoms with Crippen LogP contribution < -0.4 is 20.1 Å². The molecule has 1 aliphatic rings. The predicted molar refractivity (Wildman–Crippen MR) is 131 cm³/mol. The van der Waals surface area contributed by atoms with Gasteiger partial charge < -0.3 is 24.7 Å². The fourth-order valence-electron chi connectivity index (χ4n) is 3.51. The number of amides is 2. The van der Waals surface area contributed by atoms with Gasteiger partial charge in [-0.05, 0) is 36.2 Å². The number of thioether (sulfide) groups is 1. The standard InChI is InChI=1S/C23H24N6O6S/c1-13(2)20(25-22(31)14-4-9-17-18(10-14)35-12-34-17)21-26-27-23(28(21)3)36-11-19(30)24-15-5-7-16(8-6-15)29(32)33/h4-10,13,20H,11-12H2,1-3H3,(H,24,30)(H,25,31). The van der Waals surface area contributed by atoms with Gasteiger partial charge in [-0.3, -0.25) is 19.7 Å². The predicted octanol–water partition coefficient (Wildman–Crippen LogP) is 3.31. The van der Waals surface area contributed by atoms with Crippen LogP contribution in [0.15, 0.2) is 47.6 Å². The number of nitro groups is 1. The Kier molecular flexibility index (Phi) is 7.38. The van der Waals surface area contributed by atoms with Gasteiger partial charge in [0.2, 0.25) is 12.7 Å². The van der Waals surface area contributed by atoms with Crippen LogP contribution >= 0.6 is 11.8 Å². The number of anilines is 1. The van der Waals surface area contributed by atoms with Crippen LogP contribution in [0, 0.1) is 16.0 Å². The zero-order valence-electron chi connectivity index (χ0n) is 19.8. The molecule has 0 saturated heterocycles. The summed E-state index contributed by atoms with van der Waals surface area (Å²) in [6.45, 7) is 4.05. The zero-order chi connectivity index (χ0) is 25.8. The third-order valence-corrected chi connectivity index (χ3v) is 6.45. The van der Waals surface area contributed by atoms with Crippen molar-refractivity contribution in [1.82, 2.24) is 20.1 Å². The van der Waals surface area contributed by atoms with E-state index >= 15 is 0 Å². The largest absolute Gasteiger partial charge is 0.454 e. The number of nitro benzene ring substituents is 1. The number of hydrogen-bond acceptors (Lipinski definition) is 9. The van der Waals surface area contributed by atoms with Crippen molar-refractivity contribution in [2.24, 2.45) is 13.0 Å². The number of nitrogens with one attached hydrogen (secondary N) is 2. The molecule has 3 aromatic rings. The monoisotopic (exact) mass is 512 g/mol. The van der Waals surface area contributed by atoms with Crippen LogP contribution in [0.5, 0.6) is 11.5 Å². The van der Waals surface area contributed by atoms with Crippen molar-refractivity contribution in [2.75, 3.05) is 17.9 Å². The molecule has 0 saturated carbocycles. The van der Waals surface area contributed by atoms with Crippen LogP contribution in [0.3, 0.4) is 0 Å². The van der Waals surface area contributed by atoms with Crippen LogP contribution in [0.1, 0.15) is 36.1 Å². The maximum Gasteiger partial charge on any atom is 0.269 e. The Morgan fingerprint density at radius 3 is 2.56 bits per heavy atom. The number of benzene rings is 2. The second-order valence-electron chi connectivity index (χ2n) is 8.30. The Hall–Kier alpha value is -4.13. The highest BCUT2D eigenvalue weighted by Crippen LogP contribution is 2.33. The van der Waals surface area contributed by atoms with Crippen molar-refractivity contribution in [3.63, 3.8) is 0 Å². The average molecular weight is 513 g/mol. The van der Waals surface area contributed by atoms with Gasteiger partial charge in [-0.1, -0.05) is 25.6 Å². The van der Waals surface area contributed by atoms with E-state index in [4.69, 9.17) is 9.47 Å². The van der Waals surface area contributed by atoms with Crippen LogP contribution in [-0.4, -0.2) is 44.0 Å². The van der Waals surface area contributed by atoms with E-state index in [0.717, 1.165) is 0 Å². The molecule has 188 valence electrons. The zero-order valence-corrected chi connectivity index (χ0v) is 20.6. The molecule has 0 radical (unpaired) electrons. The first-order chi connectivity index (χ1) is 17.2. The van der Waals surface area contributed by atoms with Gasteiger partial charge >= 0.3 is 0 Å². The first kappa shape index (κ1) is 25.0. The summed E-state index contributed by atoms with van der Waals surface area (Å²) in [5.41, 5.74) is 0.833. The lowest BCUT2D eigenvalue weighted by molar-refractivity contribution is -0.384. The lowest BCUT2D eigenvalue weighted by Crippen LogP contribution is -2.33. The summed E-state index contributed by atoms with van der Waals surface area (Å²) in [6.07, 6.45) is 0. The molecular formula is C23H24N6O6S. The number of nitrogens with zero attached hydrogens (tertiary/aromatic N) is 4. The average Bonchev–Trinajstić information content (AvgIpc) is 3.47. The first-order valence-electron chi connectivity index (χ1n) is 11.0. The molecule has 1 aliphatic heterocycles. The van der Waals surface area contributed by atoms with E-state index in [1.807, 2.05) is 13.8 Å². The number of hydrogen-bond donors (Lipinski definition) is 2. The van der Waals surface area contributed by atoms with E-state index in [0.29, 0.717) is 33.7 Å². The molecule has 36 heavy (non-hydrogen) atoms. The molecule has 1 aromatic heterocycles. The van der Waals surface area contributed by atoms with E-state index < -0.39 is 11.0 Å². The molecule has 2 heterocycles. The molecule has 2 N–H and O–H groups in total. The molecule has 1 unspecified atom stereocenters. The van der Waals surface area contributed by atoms with Crippen molar-refractivity contribution in [3.8, 4) is 11.5 Å². The first-order valence-corrected chi connectivity index (χ1v) is 12.0. The van der Waals surface area contributed by atoms with Crippen LogP contribution in [-0.2, 0) is 11.8 Å². The van der Waals surface area contributed by atoms with Crippen LogP contribution in [0.25, 0.3) is 0 Å². The van der Waals surface area contributed by atoms with E-state index in [1.165, 1.54) is 36.0 Å². The summed E-state index contributed by atoms with van der Waals surface area (Å²) in [6, 6.07) is 10.2. The summed E-state index contributed by atoms with van der Waals surface area (Å²) in [5, 5.41) is 25.4. The molecule has 1 atom stereocenters.